The van der Waals surface area contributed by atoms with Gasteiger partial charge in [-0.05, 0) is 55.4 Å². The van der Waals surface area contributed by atoms with Crippen molar-refractivity contribution in [2.75, 3.05) is 54.0 Å². The van der Waals surface area contributed by atoms with Gasteiger partial charge in [-0.2, -0.15) is 0 Å². The smallest absolute Gasteiger partial charge is 0.240 e. The summed E-state index contributed by atoms with van der Waals surface area (Å²) < 4.78 is 39.2. The summed E-state index contributed by atoms with van der Waals surface area (Å²) in [6.45, 7) is 5.81. The van der Waals surface area contributed by atoms with Crippen LogP contribution in [0.15, 0.2) is 47.4 Å². The molecule has 0 saturated carbocycles. The Balaban J connectivity index is 1.80. The largest absolute Gasteiger partial charge is 0.497 e. The van der Waals surface area contributed by atoms with E-state index in [-0.39, 0.29) is 10.9 Å². The van der Waals surface area contributed by atoms with E-state index in [1.54, 1.807) is 32.4 Å². The Kier molecular flexibility index (Phi) is 7.36. The number of benzene rings is 2. The highest BCUT2D eigenvalue weighted by molar-refractivity contribution is 7.89. The molecule has 0 radical (unpaired) electrons. The van der Waals surface area contributed by atoms with Gasteiger partial charge in [-0.15, -0.1) is 0 Å². The summed E-state index contributed by atoms with van der Waals surface area (Å²) in [6.07, 6.45) is 0. The molecule has 0 aliphatic carbocycles. The van der Waals surface area contributed by atoms with Gasteiger partial charge >= 0.3 is 0 Å². The van der Waals surface area contributed by atoms with E-state index in [0.29, 0.717) is 12.3 Å². The number of piperazine rings is 1. The summed E-state index contributed by atoms with van der Waals surface area (Å²) in [5.41, 5.74) is 1.85. The number of rotatable bonds is 8. The summed E-state index contributed by atoms with van der Waals surface area (Å²) in [6, 6.07) is 12.7. The van der Waals surface area contributed by atoms with Crippen LogP contribution in [0.5, 0.6) is 11.5 Å². The molecule has 30 heavy (non-hydrogen) atoms. The lowest BCUT2D eigenvalue weighted by molar-refractivity contribution is 0.113. The van der Waals surface area contributed by atoms with Crippen molar-refractivity contribution in [1.29, 1.82) is 0 Å². The first-order chi connectivity index (χ1) is 14.3. The average molecular weight is 434 g/mol. The van der Waals surface area contributed by atoms with Crippen LogP contribution in [0.3, 0.4) is 0 Å². The van der Waals surface area contributed by atoms with Gasteiger partial charge in [0.05, 0.1) is 19.1 Å². The number of likely N-dealkylation sites (N-methyl/N-ethyl adjacent to an activating group) is 1. The van der Waals surface area contributed by atoms with E-state index in [1.807, 2.05) is 31.2 Å². The van der Waals surface area contributed by atoms with Gasteiger partial charge in [0.15, 0.2) is 0 Å². The van der Waals surface area contributed by atoms with Crippen LogP contribution in [0.25, 0.3) is 0 Å². The number of sulfonamides is 1. The number of methoxy groups -OCH3 is 2. The number of hydrogen-bond acceptors (Lipinski definition) is 6. The molecule has 0 bridgehead atoms. The highest BCUT2D eigenvalue weighted by Crippen LogP contribution is 2.25. The van der Waals surface area contributed by atoms with Gasteiger partial charge in [0.2, 0.25) is 10.0 Å². The van der Waals surface area contributed by atoms with Crippen molar-refractivity contribution in [2.24, 2.45) is 0 Å². The molecule has 1 unspecified atom stereocenters. The summed E-state index contributed by atoms with van der Waals surface area (Å²) in [7, 11) is 1.68. The van der Waals surface area contributed by atoms with Crippen LogP contribution in [-0.2, 0) is 10.0 Å². The molecule has 3 rings (SSSR count). The Morgan fingerprint density at radius 2 is 1.67 bits per heavy atom. The third-order valence-corrected chi connectivity index (χ3v) is 7.04. The zero-order valence-electron chi connectivity index (χ0n) is 18.1. The van der Waals surface area contributed by atoms with E-state index in [2.05, 4.69) is 21.6 Å². The molecule has 1 saturated heterocycles. The van der Waals surface area contributed by atoms with Crippen molar-refractivity contribution < 1.29 is 17.9 Å². The van der Waals surface area contributed by atoms with E-state index in [0.717, 1.165) is 43.1 Å². The van der Waals surface area contributed by atoms with Gasteiger partial charge in [-0.1, -0.05) is 12.1 Å². The first-order valence-corrected chi connectivity index (χ1v) is 11.5. The Morgan fingerprint density at radius 3 is 2.23 bits per heavy atom. The molecule has 1 heterocycles. The molecule has 2 aromatic rings. The monoisotopic (exact) mass is 433 g/mol. The van der Waals surface area contributed by atoms with Gasteiger partial charge in [0.25, 0.3) is 0 Å². The van der Waals surface area contributed by atoms with Crippen molar-refractivity contribution in [3.8, 4) is 11.5 Å². The van der Waals surface area contributed by atoms with Crippen LogP contribution in [0.1, 0.15) is 17.2 Å². The molecule has 1 N–H and O–H groups in total. The van der Waals surface area contributed by atoms with Crippen molar-refractivity contribution in [1.82, 2.24) is 14.5 Å². The standard InChI is InChI=1S/C22H31N3O4S/c1-17-15-20(9-10-22(17)29-4)30(26,27)23-16-21(25-13-11-24(2)12-14-25)18-5-7-19(28-3)8-6-18/h5-10,15,21,23H,11-14,16H2,1-4H3. The SMILES string of the molecule is COc1ccc(C(CNS(=O)(=O)c2ccc(OC)c(C)c2)N2CCN(C)CC2)cc1. The predicted molar refractivity (Wildman–Crippen MR) is 118 cm³/mol. The van der Waals surface area contributed by atoms with Gasteiger partial charge in [-0.25, -0.2) is 13.1 Å². The van der Waals surface area contributed by atoms with Crippen molar-refractivity contribution >= 4 is 10.0 Å². The molecule has 1 aliphatic heterocycles. The topological polar surface area (TPSA) is 71.1 Å². The Bertz CT molecular complexity index is 939. The normalized spacial score (nSPS) is 16.9. The van der Waals surface area contributed by atoms with Crippen molar-refractivity contribution in [2.45, 2.75) is 17.9 Å². The van der Waals surface area contributed by atoms with E-state index < -0.39 is 10.0 Å². The third-order valence-electron chi connectivity index (χ3n) is 5.62. The molecule has 7 nitrogen and oxygen atoms in total. The molecule has 1 atom stereocenters. The Labute approximate surface area is 179 Å². The number of ether oxygens (including phenoxy) is 2. The summed E-state index contributed by atoms with van der Waals surface area (Å²) in [4.78, 5) is 4.86. The minimum atomic E-state index is -3.64. The van der Waals surface area contributed by atoms with E-state index in [4.69, 9.17) is 9.47 Å². The highest BCUT2D eigenvalue weighted by Gasteiger charge is 2.26. The first-order valence-electron chi connectivity index (χ1n) is 10.0. The van der Waals surface area contributed by atoms with Crippen LogP contribution in [-0.4, -0.2) is 72.2 Å². The number of nitrogens with zero attached hydrogens (tertiary/aromatic N) is 2. The lowest BCUT2D eigenvalue weighted by Gasteiger charge is -2.38. The third kappa shape index (κ3) is 5.31. The van der Waals surface area contributed by atoms with Gasteiger partial charge in [-0.3, -0.25) is 4.90 Å². The van der Waals surface area contributed by atoms with Gasteiger partial charge < -0.3 is 14.4 Å². The highest BCUT2D eigenvalue weighted by atomic mass is 32.2. The zero-order chi connectivity index (χ0) is 21.7. The maximum absolute atomic E-state index is 13.0. The molecule has 2 aromatic carbocycles. The molecule has 164 valence electrons. The van der Waals surface area contributed by atoms with Gasteiger partial charge in [0.1, 0.15) is 11.5 Å². The van der Waals surface area contributed by atoms with E-state index in [1.165, 1.54) is 0 Å². The first kappa shape index (κ1) is 22.6. The number of nitrogens with one attached hydrogen (secondary N) is 1. The molecule has 1 aliphatic rings. The van der Waals surface area contributed by atoms with Gasteiger partial charge in [0, 0.05) is 38.8 Å². The molecule has 1 fully saturated rings. The molecular formula is C22H31N3O4S. The quantitative estimate of drug-likeness (QED) is 0.689. The fourth-order valence-electron chi connectivity index (χ4n) is 3.71. The molecular weight excluding hydrogens is 402 g/mol. The van der Waals surface area contributed by atoms with Crippen LogP contribution in [0, 0.1) is 6.92 Å². The average Bonchev–Trinajstić information content (AvgIpc) is 2.75. The van der Waals surface area contributed by atoms with E-state index in [9.17, 15) is 8.42 Å². The van der Waals surface area contributed by atoms with Crippen LogP contribution in [0.4, 0.5) is 0 Å². The summed E-state index contributed by atoms with van der Waals surface area (Å²) >= 11 is 0. The second-order valence-electron chi connectivity index (χ2n) is 7.61. The lowest BCUT2D eigenvalue weighted by atomic mass is 10.0. The van der Waals surface area contributed by atoms with Crippen LogP contribution >= 0.6 is 0 Å². The number of aryl methyl sites for hydroxylation is 1. The summed E-state index contributed by atoms with van der Waals surface area (Å²) in [5, 5.41) is 0. The minimum Gasteiger partial charge on any atom is -0.497 e. The maximum Gasteiger partial charge on any atom is 0.240 e. The molecule has 8 heteroatoms. The zero-order valence-corrected chi connectivity index (χ0v) is 18.9. The molecule has 0 spiro atoms. The number of hydrogen-bond donors (Lipinski definition) is 1. The van der Waals surface area contributed by atoms with Crippen LogP contribution < -0.4 is 14.2 Å². The fraction of sp³-hybridized carbons (Fsp3) is 0.455. The second kappa shape index (κ2) is 9.78. The van der Waals surface area contributed by atoms with Crippen LogP contribution in [0.2, 0.25) is 0 Å². The van der Waals surface area contributed by atoms with Crippen molar-refractivity contribution in [3.63, 3.8) is 0 Å². The van der Waals surface area contributed by atoms with Crippen molar-refractivity contribution in [3.05, 3.63) is 53.6 Å². The summed E-state index contributed by atoms with van der Waals surface area (Å²) in [5.74, 6) is 1.45. The maximum atomic E-state index is 13.0. The molecule has 0 amide bonds. The second-order valence-corrected chi connectivity index (χ2v) is 9.38. The predicted octanol–water partition coefficient (Wildman–Crippen LogP) is 2.28. The Morgan fingerprint density at radius 1 is 1.00 bits per heavy atom. The minimum absolute atomic E-state index is 0.0567. The fourth-order valence-corrected chi connectivity index (χ4v) is 4.83. The lowest BCUT2D eigenvalue weighted by Crippen LogP contribution is -2.48. The molecule has 0 aromatic heterocycles. The van der Waals surface area contributed by atoms with E-state index >= 15 is 0 Å². The Hall–Kier alpha value is -2.13.